The summed E-state index contributed by atoms with van der Waals surface area (Å²) < 4.78 is 5.38. The van der Waals surface area contributed by atoms with E-state index >= 15 is 0 Å². The van der Waals surface area contributed by atoms with Gasteiger partial charge in [0.15, 0.2) is 5.96 Å². The number of rotatable bonds is 9. The first-order valence-corrected chi connectivity index (χ1v) is 11.7. The molecule has 1 aromatic heterocycles. The summed E-state index contributed by atoms with van der Waals surface area (Å²) in [6, 6.07) is 11.2. The molecule has 0 aliphatic carbocycles. The van der Waals surface area contributed by atoms with Crippen LogP contribution in [-0.2, 0) is 17.8 Å². The molecule has 1 N–H and O–H groups in total. The number of thiazole rings is 1. The van der Waals surface area contributed by atoms with Crippen molar-refractivity contribution in [3.05, 3.63) is 52.0 Å². The minimum absolute atomic E-state index is 0. The van der Waals surface area contributed by atoms with E-state index in [-0.39, 0.29) is 30.1 Å². The van der Waals surface area contributed by atoms with E-state index < -0.39 is 0 Å². The lowest BCUT2D eigenvalue weighted by Crippen LogP contribution is -2.40. The number of ether oxygens (including phenoxy) is 1. The molecule has 0 bridgehead atoms. The number of aromatic nitrogens is 1. The highest BCUT2D eigenvalue weighted by atomic mass is 127. The van der Waals surface area contributed by atoms with E-state index in [9.17, 15) is 0 Å². The van der Waals surface area contributed by atoms with Crippen molar-refractivity contribution in [3.63, 3.8) is 0 Å². The number of likely N-dealkylation sites (tertiary alicyclic amines) is 1. The maximum atomic E-state index is 5.38. The second-order valence-electron chi connectivity index (χ2n) is 7.86. The van der Waals surface area contributed by atoms with Crippen LogP contribution in [0.4, 0.5) is 0 Å². The molecule has 31 heavy (non-hydrogen) atoms. The molecule has 2 aromatic rings. The van der Waals surface area contributed by atoms with E-state index in [4.69, 9.17) is 14.7 Å². The Bertz CT molecular complexity index is 800. The molecule has 0 amide bonds. The standard InChI is InChI=1S/C23H35N5OS.HI/c1-5-24-23(27(3)16-20-17-30-22(26-20)18(2)29-4)25-14-21-12-9-13-28(21)15-19-10-7-6-8-11-19;/h6-8,10-11,17-18,21H,5,9,12-16H2,1-4H3,(H,24,25);1H. The maximum absolute atomic E-state index is 5.38. The lowest BCUT2D eigenvalue weighted by molar-refractivity contribution is 0.119. The van der Waals surface area contributed by atoms with E-state index in [1.165, 1.54) is 18.4 Å². The number of benzene rings is 1. The topological polar surface area (TPSA) is 53.0 Å². The molecule has 2 atom stereocenters. The highest BCUT2D eigenvalue weighted by Gasteiger charge is 2.24. The van der Waals surface area contributed by atoms with Crippen LogP contribution in [-0.4, -0.2) is 60.6 Å². The van der Waals surface area contributed by atoms with E-state index in [2.05, 4.69) is 64.8 Å². The molecule has 0 radical (unpaired) electrons. The van der Waals surface area contributed by atoms with Gasteiger partial charge in [-0.15, -0.1) is 35.3 Å². The number of nitrogens with one attached hydrogen (secondary N) is 1. The number of halogens is 1. The summed E-state index contributed by atoms with van der Waals surface area (Å²) in [5, 5.41) is 6.57. The van der Waals surface area contributed by atoms with Crippen molar-refractivity contribution in [1.29, 1.82) is 0 Å². The van der Waals surface area contributed by atoms with Gasteiger partial charge in [0.25, 0.3) is 0 Å². The monoisotopic (exact) mass is 557 g/mol. The molecule has 2 heterocycles. The van der Waals surface area contributed by atoms with Crippen molar-refractivity contribution in [2.24, 2.45) is 4.99 Å². The third-order valence-electron chi connectivity index (χ3n) is 5.55. The number of methoxy groups -OCH3 is 1. The Morgan fingerprint density at radius 3 is 2.87 bits per heavy atom. The first-order chi connectivity index (χ1) is 14.6. The van der Waals surface area contributed by atoms with E-state index in [1.54, 1.807) is 18.4 Å². The molecule has 8 heteroatoms. The van der Waals surface area contributed by atoms with Crippen molar-refractivity contribution in [3.8, 4) is 0 Å². The highest BCUT2D eigenvalue weighted by Crippen LogP contribution is 2.22. The van der Waals surface area contributed by atoms with Crippen molar-refractivity contribution >= 4 is 41.3 Å². The number of hydrogen-bond donors (Lipinski definition) is 1. The van der Waals surface area contributed by atoms with E-state index in [0.29, 0.717) is 6.04 Å². The van der Waals surface area contributed by atoms with Crippen LogP contribution in [0.2, 0.25) is 0 Å². The molecule has 0 saturated carbocycles. The van der Waals surface area contributed by atoms with Crippen LogP contribution in [0, 0.1) is 0 Å². The second kappa shape index (κ2) is 13.3. The third kappa shape index (κ3) is 7.69. The summed E-state index contributed by atoms with van der Waals surface area (Å²) in [4.78, 5) is 14.4. The van der Waals surface area contributed by atoms with Crippen LogP contribution >= 0.6 is 35.3 Å². The quantitative estimate of drug-likeness (QED) is 0.279. The van der Waals surface area contributed by atoms with Crippen molar-refractivity contribution in [2.75, 3.05) is 33.8 Å². The molecule has 0 spiro atoms. The lowest BCUT2D eigenvalue weighted by Gasteiger charge is -2.25. The van der Waals surface area contributed by atoms with Crippen molar-refractivity contribution < 1.29 is 4.74 Å². The Balaban J connectivity index is 0.00000341. The fourth-order valence-corrected chi connectivity index (χ4v) is 4.63. The van der Waals surface area contributed by atoms with Crippen LogP contribution in [0.1, 0.15) is 49.1 Å². The number of aliphatic imine (C=N–C) groups is 1. The Morgan fingerprint density at radius 2 is 2.16 bits per heavy atom. The van der Waals surface area contributed by atoms with Gasteiger partial charge in [-0.2, -0.15) is 0 Å². The average molecular weight is 558 g/mol. The summed E-state index contributed by atoms with van der Waals surface area (Å²) in [5.41, 5.74) is 2.43. The third-order valence-corrected chi connectivity index (χ3v) is 6.60. The SMILES string of the molecule is CCNC(=NCC1CCCN1Cc1ccccc1)N(C)Cc1csc(C(C)OC)n1.I. The largest absolute Gasteiger partial charge is 0.375 e. The molecule has 1 aliphatic rings. The normalized spacial score (nSPS) is 17.9. The smallest absolute Gasteiger partial charge is 0.194 e. The molecular weight excluding hydrogens is 521 g/mol. The summed E-state index contributed by atoms with van der Waals surface area (Å²) >= 11 is 1.65. The maximum Gasteiger partial charge on any atom is 0.194 e. The first kappa shape index (κ1) is 26.0. The van der Waals surface area contributed by atoms with Crippen LogP contribution in [0.3, 0.4) is 0 Å². The van der Waals surface area contributed by atoms with Crippen molar-refractivity contribution in [1.82, 2.24) is 20.1 Å². The van der Waals surface area contributed by atoms with Gasteiger partial charge in [-0.25, -0.2) is 4.98 Å². The van der Waals surface area contributed by atoms with Crippen molar-refractivity contribution in [2.45, 2.75) is 51.9 Å². The van der Waals surface area contributed by atoms with Crippen LogP contribution in [0.15, 0.2) is 40.7 Å². The summed E-state index contributed by atoms with van der Waals surface area (Å²) in [6.07, 6.45) is 2.50. The number of hydrogen-bond acceptors (Lipinski definition) is 5. The number of nitrogens with zero attached hydrogens (tertiary/aromatic N) is 4. The predicted octanol–water partition coefficient (Wildman–Crippen LogP) is 4.53. The van der Waals surface area contributed by atoms with Crippen LogP contribution in [0.25, 0.3) is 0 Å². The molecule has 172 valence electrons. The fourth-order valence-electron chi connectivity index (χ4n) is 3.79. The molecule has 1 aromatic carbocycles. The summed E-state index contributed by atoms with van der Waals surface area (Å²) in [6.45, 7) is 8.71. The molecule has 6 nitrogen and oxygen atoms in total. The predicted molar refractivity (Wildman–Crippen MR) is 140 cm³/mol. The molecule has 3 rings (SSSR count). The zero-order chi connectivity index (χ0) is 21.3. The van der Waals surface area contributed by atoms with Gasteiger partial charge in [0.05, 0.1) is 18.8 Å². The van der Waals surface area contributed by atoms with Gasteiger partial charge in [-0.05, 0) is 38.8 Å². The minimum atomic E-state index is 0. The minimum Gasteiger partial charge on any atom is -0.375 e. The van der Waals surface area contributed by atoms with Gasteiger partial charge < -0.3 is 15.0 Å². The van der Waals surface area contributed by atoms with Crippen LogP contribution < -0.4 is 5.32 Å². The van der Waals surface area contributed by atoms with Crippen LogP contribution in [0.5, 0.6) is 0 Å². The number of guanidine groups is 1. The summed E-state index contributed by atoms with van der Waals surface area (Å²) in [7, 11) is 3.80. The molecule has 2 unspecified atom stereocenters. The Morgan fingerprint density at radius 1 is 1.39 bits per heavy atom. The Labute approximate surface area is 208 Å². The van der Waals surface area contributed by atoms with E-state index in [1.807, 2.05) is 6.92 Å². The lowest BCUT2D eigenvalue weighted by atomic mass is 10.2. The average Bonchev–Trinajstić information content (AvgIpc) is 3.40. The molecular formula is C23H36IN5OS. The zero-order valence-electron chi connectivity index (χ0n) is 19.1. The van der Waals surface area contributed by atoms with E-state index in [0.717, 1.165) is 49.4 Å². The molecule has 1 fully saturated rings. The van der Waals surface area contributed by atoms with Gasteiger partial charge in [0.2, 0.25) is 0 Å². The molecule has 1 saturated heterocycles. The molecule has 1 aliphatic heterocycles. The summed E-state index contributed by atoms with van der Waals surface area (Å²) in [5.74, 6) is 0.943. The fraction of sp³-hybridized carbons (Fsp3) is 0.565. The van der Waals surface area contributed by atoms with Gasteiger partial charge in [-0.1, -0.05) is 30.3 Å². The van der Waals surface area contributed by atoms with Gasteiger partial charge in [0.1, 0.15) is 11.1 Å². The highest BCUT2D eigenvalue weighted by molar-refractivity contribution is 14.0. The zero-order valence-corrected chi connectivity index (χ0v) is 22.2. The van der Waals surface area contributed by atoms with Gasteiger partial charge in [-0.3, -0.25) is 9.89 Å². The Kier molecular flexibility index (Phi) is 11.2. The van der Waals surface area contributed by atoms with Gasteiger partial charge in [0, 0.05) is 38.7 Å². The van der Waals surface area contributed by atoms with Gasteiger partial charge >= 0.3 is 0 Å². The second-order valence-corrected chi connectivity index (χ2v) is 8.75. The Hall–Kier alpha value is -1.23. The first-order valence-electron chi connectivity index (χ1n) is 10.8.